The molecule has 4 nitrogen and oxygen atoms in total. The van der Waals surface area contributed by atoms with Crippen LogP contribution in [0.1, 0.15) is 67.2 Å². The van der Waals surface area contributed by atoms with Crippen LogP contribution in [0.5, 0.6) is 0 Å². The number of carbonyl (C=O) groups is 2. The van der Waals surface area contributed by atoms with Crippen molar-refractivity contribution in [2.75, 3.05) is 13.1 Å². The first-order chi connectivity index (χ1) is 11.9. The number of Topliss-reactive ketones (excluding diaryl/α,β-unsaturated/α-hetero) is 2. The van der Waals surface area contributed by atoms with Gasteiger partial charge in [-0.05, 0) is 48.3 Å². The summed E-state index contributed by atoms with van der Waals surface area (Å²) in [5.41, 5.74) is -0.484. The monoisotopic (exact) mass is 361 g/mol. The van der Waals surface area contributed by atoms with Gasteiger partial charge in [0.1, 0.15) is 11.6 Å². The Morgan fingerprint density at radius 3 is 1.42 bits per heavy atom. The Balaban J connectivity index is 1.47. The van der Waals surface area contributed by atoms with Crippen LogP contribution in [0.25, 0.3) is 0 Å². The largest absolute Gasteiger partial charge is 0.314 e. The van der Waals surface area contributed by atoms with Crippen molar-refractivity contribution < 1.29 is 14.8 Å². The minimum Gasteiger partial charge on any atom is -0.314 e. The maximum absolute atomic E-state index is 13.0. The van der Waals surface area contributed by atoms with Crippen molar-refractivity contribution >= 4 is 11.6 Å². The first-order valence-corrected chi connectivity index (χ1v) is 10.4. The van der Waals surface area contributed by atoms with E-state index in [1.165, 1.54) is 5.06 Å². The fourth-order valence-electron chi connectivity index (χ4n) is 7.50. The zero-order chi connectivity index (χ0) is 19.3. The highest BCUT2D eigenvalue weighted by Gasteiger charge is 2.67. The molecular weight excluding hydrogens is 326 g/mol. The van der Waals surface area contributed by atoms with Crippen LogP contribution in [0.4, 0.5) is 0 Å². The van der Waals surface area contributed by atoms with E-state index < -0.39 is 0 Å². The lowest BCUT2D eigenvalue weighted by Gasteiger charge is -2.32. The van der Waals surface area contributed by atoms with Gasteiger partial charge in [0.25, 0.3) is 0 Å². The molecule has 0 aromatic carbocycles. The van der Waals surface area contributed by atoms with Crippen molar-refractivity contribution in [2.24, 2.45) is 45.3 Å². The van der Waals surface area contributed by atoms with Gasteiger partial charge in [-0.2, -0.15) is 5.06 Å². The lowest BCUT2D eigenvalue weighted by molar-refractivity contribution is -0.148. The Labute approximate surface area is 157 Å². The molecule has 4 aliphatic carbocycles. The maximum Gasteiger partial charge on any atom is 0.144 e. The van der Waals surface area contributed by atoms with Crippen LogP contribution in [0.2, 0.25) is 0 Å². The number of nitrogens with zero attached hydrogens (tertiary/aromatic N) is 1. The zero-order valence-corrected chi connectivity index (χ0v) is 17.3. The molecule has 0 spiro atoms. The first-order valence-electron chi connectivity index (χ1n) is 10.4. The number of fused-ring (bicyclic) bond motifs is 4. The molecule has 0 saturated heterocycles. The Kier molecular flexibility index (Phi) is 3.72. The van der Waals surface area contributed by atoms with E-state index >= 15 is 0 Å². The number of hydroxylamine groups is 2. The number of hydrogen-bond donors (Lipinski definition) is 1. The normalized spacial score (nSPS) is 48.2. The Hall–Kier alpha value is -0.740. The van der Waals surface area contributed by atoms with Crippen molar-refractivity contribution in [2.45, 2.75) is 67.2 Å². The first kappa shape index (κ1) is 18.6. The average molecular weight is 362 g/mol. The van der Waals surface area contributed by atoms with Gasteiger partial charge in [0, 0.05) is 35.8 Å². The fourth-order valence-corrected chi connectivity index (χ4v) is 7.50. The van der Waals surface area contributed by atoms with Gasteiger partial charge in [0.15, 0.2) is 0 Å². The van der Waals surface area contributed by atoms with E-state index in [2.05, 4.69) is 41.5 Å². The predicted molar refractivity (Wildman–Crippen MR) is 99.6 cm³/mol. The summed E-state index contributed by atoms with van der Waals surface area (Å²) >= 11 is 0. The molecule has 4 heteroatoms. The van der Waals surface area contributed by atoms with E-state index in [1.54, 1.807) is 0 Å². The van der Waals surface area contributed by atoms with Crippen LogP contribution >= 0.6 is 0 Å². The second-order valence-electron chi connectivity index (χ2n) is 11.2. The molecule has 0 unspecified atom stereocenters. The molecular formula is C22H35NO3. The van der Waals surface area contributed by atoms with Crippen molar-refractivity contribution in [1.29, 1.82) is 0 Å². The highest BCUT2D eigenvalue weighted by molar-refractivity contribution is 5.92. The minimum absolute atomic E-state index is 0.00725. The van der Waals surface area contributed by atoms with Gasteiger partial charge in [0.05, 0.1) is 0 Å². The summed E-state index contributed by atoms with van der Waals surface area (Å²) < 4.78 is 0. The number of hydrogen-bond acceptors (Lipinski definition) is 4. The summed E-state index contributed by atoms with van der Waals surface area (Å²) in [6.45, 7) is 13.9. The van der Waals surface area contributed by atoms with Gasteiger partial charge in [-0.3, -0.25) is 9.59 Å². The van der Waals surface area contributed by atoms with E-state index in [9.17, 15) is 14.8 Å². The minimum atomic E-state index is -0.249. The van der Waals surface area contributed by atoms with Crippen LogP contribution in [0, 0.1) is 45.3 Å². The van der Waals surface area contributed by atoms with E-state index in [0.29, 0.717) is 36.5 Å². The summed E-state index contributed by atoms with van der Waals surface area (Å²) in [5.74, 6) is 1.16. The van der Waals surface area contributed by atoms with Gasteiger partial charge >= 0.3 is 0 Å². The molecule has 0 radical (unpaired) electrons. The van der Waals surface area contributed by atoms with E-state index in [0.717, 1.165) is 25.7 Å². The van der Waals surface area contributed by atoms with E-state index in [-0.39, 0.29) is 33.5 Å². The molecule has 6 atom stereocenters. The third-order valence-corrected chi connectivity index (χ3v) is 10.2. The lowest BCUT2D eigenvalue weighted by atomic mass is 9.70. The molecule has 4 rings (SSSR count). The number of carbonyl (C=O) groups excluding carboxylic acids is 2. The SMILES string of the molecule is CC1(C)[C@@H]2CC[C@]1(C)C(=O)[C@@H]2CN(O)C[C@@H]1C(=O)[C@@]2(C)CC[C@@H]1C2(C)C. The van der Waals surface area contributed by atoms with Gasteiger partial charge in [-0.15, -0.1) is 0 Å². The molecule has 26 heavy (non-hydrogen) atoms. The number of rotatable bonds is 4. The highest BCUT2D eigenvalue weighted by Crippen LogP contribution is 2.67. The molecule has 4 fully saturated rings. The molecule has 0 aromatic heterocycles. The van der Waals surface area contributed by atoms with Gasteiger partial charge in [0.2, 0.25) is 0 Å². The van der Waals surface area contributed by atoms with Crippen LogP contribution < -0.4 is 0 Å². The molecule has 0 heterocycles. The second-order valence-corrected chi connectivity index (χ2v) is 11.2. The molecule has 0 aromatic rings. The number of ketones is 2. The molecule has 0 amide bonds. The smallest absolute Gasteiger partial charge is 0.144 e. The second kappa shape index (κ2) is 5.20. The lowest BCUT2D eigenvalue weighted by Crippen LogP contribution is -2.42. The summed E-state index contributed by atoms with van der Waals surface area (Å²) in [7, 11) is 0. The fraction of sp³-hybridized carbons (Fsp3) is 0.909. The van der Waals surface area contributed by atoms with Crippen LogP contribution in [0.3, 0.4) is 0 Å². The molecule has 4 aliphatic rings. The highest BCUT2D eigenvalue weighted by atomic mass is 16.5. The van der Waals surface area contributed by atoms with Crippen molar-refractivity contribution in [3.8, 4) is 0 Å². The Bertz CT molecular complexity index is 612. The summed E-state index contributed by atoms with van der Waals surface area (Å²) in [6, 6.07) is 0. The van der Waals surface area contributed by atoms with Crippen LogP contribution in [0.15, 0.2) is 0 Å². The molecule has 4 saturated carbocycles. The van der Waals surface area contributed by atoms with E-state index in [4.69, 9.17) is 0 Å². The molecule has 4 bridgehead atoms. The standard InChI is InChI=1S/C22H35NO3/c1-19(2)15-7-9-21(19,5)17(24)13(15)11-23(26)12-14-16-8-10-22(6,18(14)25)20(16,3)4/h13-16,26H,7-12H2,1-6H3/t13-,14+,15-,16+,21-,22-/m1/s1. The summed E-state index contributed by atoms with van der Waals surface area (Å²) in [6.07, 6.45) is 4.09. The van der Waals surface area contributed by atoms with Crippen molar-refractivity contribution in [3.63, 3.8) is 0 Å². The van der Waals surface area contributed by atoms with E-state index in [1.807, 2.05) is 0 Å². The molecule has 1 N–H and O–H groups in total. The maximum atomic E-state index is 13.0. The van der Waals surface area contributed by atoms with Gasteiger partial charge in [-0.1, -0.05) is 41.5 Å². The molecule has 0 aliphatic heterocycles. The predicted octanol–water partition coefficient (Wildman–Crippen LogP) is 3.96. The van der Waals surface area contributed by atoms with Crippen LogP contribution in [-0.2, 0) is 9.59 Å². The third-order valence-electron chi connectivity index (χ3n) is 10.2. The third kappa shape index (κ3) is 1.93. The summed E-state index contributed by atoms with van der Waals surface area (Å²) in [5, 5.41) is 12.0. The van der Waals surface area contributed by atoms with Crippen molar-refractivity contribution in [3.05, 3.63) is 0 Å². The Morgan fingerprint density at radius 2 is 1.15 bits per heavy atom. The topological polar surface area (TPSA) is 57.6 Å². The van der Waals surface area contributed by atoms with Gasteiger partial charge < -0.3 is 5.21 Å². The van der Waals surface area contributed by atoms with Crippen LogP contribution in [-0.4, -0.2) is 34.9 Å². The summed E-state index contributed by atoms with van der Waals surface area (Å²) in [4.78, 5) is 26.0. The zero-order valence-electron chi connectivity index (χ0n) is 17.3. The van der Waals surface area contributed by atoms with Crippen molar-refractivity contribution in [1.82, 2.24) is 5.06 Å². The van der Waals surface area contributed by atoms with Gasteiger partial charge in [-0.25, -0.2) is 0 Å². The average Bonchev–Trinajstić information content (AvgIpc) is 3.02. The quantitative estimate of drug-likeness (QED) is 0.770. The molecule has 146 valence electrons. The Morgan fingerprint density at radius 1 is 0.808 bits per heavy atom.